The van der Waals surface area contributed by atoms with Gasteiger partial charge in [-0.25, -0.2) is 0 Å². The molecule has 2 rings (SSSR count). The SMILES string of the molecule is COc1cccc(OCC(O)C2CCOCC2)c1. The first kappa shape index (κ1) is 13.2. The lowest BCUT2D eigenvalue weighted by atomic mass is 9.94. The summed E-state index contributed by atoms with van der Waals surface area (Å²) >= 11 is 0. The van der Waals surface area contributed by atoms with Gasteiger partial charge in [0.2, 0.25) is 0 Å². The molecule has 1 aliphatic heterocycles. The Bertz CT molecular complexity index is 361. The molecule has 100 valence electrons. The number of ether oxygens (including phenoxy) is 3. The van der Waals surface area contributed by atoms with E-state index in [2.05, 4.69) is 0 Å². The summed E-state index contributed by atoms with van der Waals surface area (Å²) in [6, 6.07) is 7.41. The number of rotatable bonds is 5. The maximum absolute atomic E-state index is 10.0. The van der Waals surface area contributed by atoms with Gasteiger partial charge in [-0.3, -0.25) is 0 Å². The highest BCUT2D eigenvalue weighted by Gasteiger charge is 2.22. The lowest BCUT2D eigenvalue weighted by molar-refractivity contribution is -0.0101. The summed E-state index contributed by atoms with van der Waals surface area (Å²) in [5.74, 6) is 1.76. The molecule has 4 heteroatoms. The summed E-state index contributed by atoms with van der Waals surface area (Å²) in [4.78, 5) is 0. The van der Waals surface area contributed by atoms with Gasteiger partial charge in [0.15, 0.2) is 0 Å². The van der Waals surface area contributed by atoms with E-state index < -0.39 is 6.10 Å². The van der Waals surface area contributed by atoms with Crippen LogP contribution >= 0.6 is 0 Å². The van der Waals surface area contributed by atoms with Crippen molar-refractivity contribution in [2.75, 3.05) is 26.9 Å². The van der Waals surface area contributed by atoms with Crippen molar-refractivity contribution in [2.45, 2.75) is 18.9 Å². The second-order valence-electron chi connectivity index (χ2n) is 4.51. The quantitative estimate of drug-likeness (QED) is 0.869. The van der Waals surface area contributed by atoms with Crippen molar-refractivity contribution in [2.24, 2.45) is 5.92 Å². The predicted octanol–water partition coefficient (Wildman–Crippen LogP) is 1.86. The predicted molar refractivity (Wildman–Crippen MR) is 68.0 cm³/mol. The molecule has 0 radical (unpaired) electrons. The van der Waals surface area contributed by atoms with Gasteiger partial charge >= 0.3 is 0 Å². The van der Waals surface area contributed by atoms with E-state index in [4.69, 9.17) is 14.2 Å². The van der Waals surface area contributed by atoms with Gasteiger partial charge in [-0.15, -0.1) is 0 Å². The van der Waals surface area contributed by atoms with E-state index in [0.717, 1.165) is 37.6 Å². The van der Waals surface area contributed by atoms with Gasteiger partial charge in [-0.2, -0.15) is 0 Å². The van der Waals surface area contributed by atoms with Gasteiger partial charge in [0.1, 0.15) is 18.1 Å². The molecule has 18 heavy (non-hydrogen) atoms. The minimum atomic E-state index is -0.430. The van der Waals surface area contributed by atoms with Crippen LogP contribution in [0.1, 0.15) is 12.8 Å². The fourth-order valence-corrected chi connectivity index (χ4v) is 2.11. The second kappa shape index (κ2) is 6.61. The van der Waals surface area contributed by atoms with Gasteiger partial charge in [-0.05, 0) is 30.9 Å². The highest BCUT2D eigenvalue weighted by molar-refractivity contribution is 5.32. The average molecular weight is 252 g/mol. The molecule has 1 aromatic carbocycles. The van der Waals surface area contributed by atoms with E-state index in [1.54, 1.807) is 7.11 Å². The van der Waals surface area contributed by atoms with Crippen molar-refractivity contribution in [3.63, 3.8) is 0 Å². The van der Waals surface area contributed by atoms with Crippen LogP contribution in [0, 0.1) is 5.92 Å². The fraction of sp³-hybridized carbons (Fsp3) is 0.571. The third-order valence-electron chi connectivity index (χ3n) is 3.27. The normalized spacial score (nSPS) is 18.3. The molecule has 0 aliphatic carbocycles. The average Bonchev–Trinajstić information content (AvgIpc) is 2.46. The Balaban J connectivity index is 1.82. The molecule has 1 saturated heterocycles. The smallest absolute Gasteiger partial charge is 0.123 e. The van der Waals surface area contributed by atoms with Crippen LogP contribution < -0.4 is 9.47 Å². The molecule has 1 aromatic rings. The number of aliphatic hydroxyl groups excluding tert-OH is 1. The van der Waals surface area contributed by atoms with Crippen molar-refractivity contribution in [1.82, 2.24) is 0 Å². The lowest BCUT2D eigenvalue weighted by Crippen LogP contribution is -2.31. The first-order valence-corrected chi connectivity index (χ1v) is 6.32. The summed E-state index contributed by atoms with van der Waals surface area (Å²) in [6.45, 7) is 1.79. The molecule has 1 atom stereocenters. The minimum Gasteiger partial charge on any atom is -0.497 e. The molecule has 0 spiro atoms. The zero-order valence-corrected chi connectivity index (χ0v) is 10.7. The Morgan fingerprint density at radius 1 is 1.33 bits per heavy atom. The molecule has 0 saturated carbocycles. The van der Waals surface area contributed by atoms with E-state index in [9.17, 15) is 5.11 Å². The third-order valence-corrected chi connectivity index (χ3v) is 3.27. The van der Waals surface area contributed by atoms with Crippen molar-refractivity contribution in [3.05, 3.63) is 24.3 Å². The minimum absolute atomic E-state index is 0.282. The van der Waals surface area contributed by atoms with E-state index in [-0.39, 0.29) is 5.92 Å². The maximum Gasteiger partial charge on any atom is 0.123 e. The molecule has 4 nitrogen and oxygen atoms in total. The first-order valence-electron chi connectivity index (χ1n) is 6.32. The molecular formula is C14H20O4. The summed E-state index contributed by atoms with van der Waals surface area (Å²) in [6.07, 6.45) is 1.38. The summed E-state index contributed by atoms with van der Waals surface area (Å²) < 4.78 is 16.0. The largest absolute Gasteiger partial charge is 0.497 e. The Kier molecular flexibility index (Phi) is 4.84. The molecule has 1 unspecified atom stereocenters. The first-order chi connectivity index (χ1) is 8.79. The van der Waals surface area contributed by atoms with Crippen LogP contribution in [0.4, 0.5) is 0 Å². The van der Waals surface area contributed by atoms with Crippen LogP contribution in [0.5, 0.6) is 11.5 Å². The van der Waals surface area contributed by atoms with Crippen molar-refractivity contribution in [1.29, 1.82) is 0 Å². The molecule has 0 amide bonds. The molecule has 1 N–H and O–H groups in total. The van der Waals surface area contributed by atoms with Crippen LogP contribution in [0.25, 0.3) is 0 Å². The maximum atomic E-state index is 10.0. The molecule has 0 bridgehead atoms. The summed E-state index contributed by atoms with van der Waals surface area (Å²) in [5.41, 5.74) is 0. The highest BCUT2D eigenvalue weighted by Crippen LogP contribution is 2.22. The summed E-state index contributed by atoms with van der Waals surface area (Å²) in [5, 5.41) is 10.0. The number of hydrogen-bond donors (Lipinski definition) is 1. The zero-order valence-electron chi connectivity index (χ0n) is 10.7. The van der Waals surface area contributed by atoms with Gasteiger partial charge in [0, 0.05) is 19.3 Å². The van der Waals surface area contributed by atoms with E-state index >= 15 is 0 Å². The third kappa shape index (κ3) is 3.62. The van der Waals surface area contributed by atoms with Crippen LogP contribution in [0.3, 0.4) is 0 Å². The monoisotopic (exact) mass is 252 g/mol. The lowest BCUT2D eigenvalue weighted by Gasteiger charge is -2.26. The van der Waals surface area contributed by atoms with Gasteiger partial charge in [-0.1, -0.05) is 6.07 Å². The molecule has 1 aliphatic rings. The van der Waals surface area contributed by atoms with Crippen molar-refractivity contribution >= 4 is 0 Å². The Morgan fingerprint density at radius 3 is 2.78 bits per heavy atom. The van der Waals surface area contributed by atoms with Crippen LogP contribution in [0.2, 0.25) is 0 Å². The Morgan fingerprint density at radius 2 is 2.06 bits per heavy atom. The second-order valence-corrected chi connectivity index (χ2v) is 4.51. The number of methoxy groups -OCH3 is 1. The van der Waals surface area contributed by atoms with Crippen LogP contribution in [0.15, 0.2) is 24.3 Å². The van der Waals surface area contributed by atoms with E-state index in [0.29, 0.717) is 6.61 Å². The van der Waals surface area contributed by atoms with Crippen molar-refractivity contribution < 1.29 is 19.3 Å². The number of aliphatic hydroxyl groups is 1. The highest BCUT2D eigenvalue weighted by atomic mass is 16.5. The van der Waals surface area contributed by atoms with Gasteiger partial charge < -0.3 is 19.3 Å². The standard InChI is InChI=1S/C14H20O4/c1-16-12-3-2-4-13(9-12)18-10-14(15)11-5-7-17-8-6-11/h2-4,9,11,14-15H,5-8,10H2,1H3. The van der Waals surface area contributed by atoms with Crippen molar-refractivity contribution in [3.8, 4) is 11.5 Å². The molecular weight excluding hydrogens is 232 g/mol. The van der Waals surface area contributed by atoms with Crippen LogP contribution in [-0.2, 0) is 4.74 Å². The van der Waals surface area contributed by atoms with Gasteiger partial charge in [0.25, 0.3) is 0 Å². The molecule has 0 aromatic heterocycles. The van der Waals surface area contributed by atoms with Gasteiger partial charge in [0.05, 0.1) is 13.2 Å². The Labute approximate surface area is 107 Å². The number of hydrogen-bond acceptors (Lipinski definition) is 4. The topological polar surface area (TPSA) is 47.9 Å². The Hall–Kier alpha value is -1.26. The summed E-state index contributed by atoms with van der Waals surface area (Å²) in [7, 11) is 1.62. The molecule has 1 fully saturated rings. The van der Waals surface area contributed by atoms with Crippen LogP contribution in [-0.4, -0.2) is 38.1 Å². The van der Waals surface area contributed by atoms with E-state index in [1.165, 1.54) is 0 Å². The zero-order chi connectivity index (χ0) is 12.8. The molecule has 1 heterocycles. The fourth-order valence-electron chi connectivity index (χ4n) is 2.11. The number of benzene rings is 1. The van der Waals surface area contributed by atoms with E-state index in [1.807, 2.05) is 24.3 Å².